The molecule has 0 radical (unpaired) electrons. The number of hydrogen-bond acceptors (Lipinski definition) is 4. The maximum atomic E-state index is 11.9. The average Bonchev–Trinajstić information content (AvgIpc) is 2.62. The van der Waals surface area contributed by atoms with Crippen LogP contribution in [-0.4, -0.2) is 12.5 Å². The molecule has 122 valence electrons. The number of nitrogens with one attached hydrogen (secondary N) is 2. The van der Waals surface area contributed by atoms with Crippen molar-refractivity contribution in [3.8, 4) is 6.07 Å². The molecule has 0 aliphatic heterocycles. The van der Waals surface area contributed by atoms with Crippen LogP contribution in [0.4, 0.5) is 5.69 Å². The Bertz CT molecular complexity index is 751. The maximum Gasteiger partial charge on any atom is 0.263 e. The number of para-hydroxylation sites is 1. The monoisotopic (exact) mass is 337 g/mol. The van der Waals surface area contributed by atoms with Crippen molar-refractivity contribution < 1.29 is 4.79 Å². The number of anilines is 1. The first-order valence-corrected chi connectivity index (χ1v) is 8.53. The Labute approximate surface area is 146 Å². The van der Waals surface area contributed by atoms with Gasteiger partial charge in [0, 0.05) is 22.5 Å². The average molecular weight is 337 g/mol. The maximum absolute atomic E-state index is 11.9. The Kier molecular flexibility index (Phi) is 6.93. The van der Waals surface area contributed by atoms with Crippen molar-refractivity contribution in [2.75, 3.05) is 11.9 Å². The summed E-state index contributed by atoms with van der Waals surface area (Å²) in [4.78, 5) is 14.0. The molecule has 0 unspecified atom stereocenters. The molecule has 0 aliphatic carbocycles. The van der Waals surface area contributed by atoms with Gasteiger partial charge < -0.3 is 10.6 Å². The van der Waals surface area contributed by atoms with Crippen LogP contribution in [0.3, 0.4) is 0 Å². The summed E-state index contributed by atoms with van der Waals surface area (Å²) in [5, 5.41) is 14.9. The molecular weight excluding hydrogens is 318 g/mol. The summed E-state index contributed by atoms with van der Waals surface area (Å²) >= 11 is 1.62. The lowest BCUT2D eigenvalue weighted by Gasteiger charge is -2.09. The smallest absolute Gasteiger partial charge is 0.263 e. The largest absolute Gasteiger partial charge is 0.359 e. The topological polar surface area (TPSA) is 64.9 Å². The number of nitriles is 1. The molecule has 2 aromatic carbocycles. The van der Waals surface area contributed by atoms with Crippen LogP contribution in [0, 0.1) is 11.3 Å². The fourth-order valence-corrected chi connectivity index (χ4v) is 2.85. The van der Waals surface area contributed by atoms with Gasteiger partial charge in [-0.1, -0.05) is 49.0 Å². The lowest BCUT2D eigenvalue weighted by Crippen LogP contribution is -2.25. The molecule has 2 rings (SSSR count). The Morgan fingerprint density at radius 3 is 2.58 bits per heavy atom. The molecule has 0 spiro atoms. The molecule has 0 aliphatic rings. The lowest BCUT2D eigenvalue weighted by molar-refractivity contribution is -0.117. The lowest BCUT2D eigenvalue weighted by atomic mass is 10.2. The van der Waals surface area contributed by atoms with E-state index in [1.54, 1.807) is 11.8 Å². The number of amides is 1. The van der Waals surface area contributed by atoms with Gasteiger partial charge in [0.1, 0.15) is 11.6 Å². The zero-order valence-electron chi connectivity index (χ0n) is 13.5. The van der Waals surface area contributed by atoms with Crippen molar-refractivity contribution in [1.29, 1.82) is 5.26 Å². The molecule has 4 nitrogen and oxygen atoms in total. The SMILES string of the molecule is CCCNC(=O)/C(C#N)=C\Nc1ccccc1Sc1ccccc1. The molecule has 0 saturated carbocycles. The Balaban J connectivity index is 2.13. The summed E-state index contributed by atoms with van der Waals surface area (Å²) in [7, 11) is 0. The second-order valence-electron chi connectivity index (χ2n) is 4.98. The van der Waals surface area contributed by atoms with Gasteiger partial charge in [0.15, 0.2) is 0 Å². The van der Waals surface area contributed by atoms with Gasteiger partial charge in [-0.3, -0.25) is 4.79 Å². The summed E-state index contributed by atoms with van der Waals surface area (Å²) in [5.74, 6) is -0.361. The number of carbonyl (C=O) groups is 1. The Morgan fingerprint density at radius 2 is 1.88 bits per heavy atom. The van der Waals surface area contributed by atoms with Crippen molar-refractivity contribution in [3.05, 3.63) is 66.4 Å². The summed E-state index contributed by atoms with van der Waals surface area (Å²) in [5.41, 5.74) is 0.908. The van der Waals surface area contributed by atoms with Gasteiger partial charge in [-0.05, 0) is 30.7 Å². The highest BCUT2D eigenvalue weighted by Gasteiger charge is 2.08. The van der Waals surface area contributed by atoms with Crippen LogP contribution in [0.2, 0.25) is 0 Å². The minimum Gasteiger partial charge on any atom is -0.359 e. The molecule has 1 amide bonds. The van der Waals surface area contributed by atoms with E-state index < -0.39 is 0 Å². The summed E-state index contributed by atoms with van der Waals surface area (Å²) in [6.07, 6.45) is 2.28. The highest BCUT2D eigenvalue weighted by Crippen LogP contribution is 2.33. The second-order valence-corrected chi connectivity index (χ2v) is 6.10. The van der Waals surface area contributed by atoms with E-state index in [2.05, 4.69) is 10.6 Å². The van der Waals surface area contributed by atoms with E-state index in [9.17, 15) is 4.79 Å². The molecule has 0 bridgehead atoms. The number of rotatable bonds is 7. The number of carbonyl (C=O) groups excluding carboxylic acids is 1. The zero-order valence-corrected chi connectivity index (χ0v) is 14.3. The number of benzene rings is 2. The summed E-state index contributed by atoms with van der Waals surface area (Å²) < 4.78 is 0. The van der Waals surface area contributed by atoms with Crippen LogP contribution < -0.4 is 10.6 Å². The second kappa shape index (κ2) is 9.43. The van der Waals surface area contributed by atoms with Gasteiger partial charge in [0.05, 0.1) is 5.69 Å². The van der Waals surface area contributed by atoms with Gasteiger partial charge >= 0.3 is 0 Å². The van der Waals surface area contributed by atoms with Crippen LogP contribution in [0.25, 0.3) is 0 Å². The molecule has 24 heavy (non-hydrogen) atoms. The first-order valence-electron chi connectivity index (χ1n) is 7.71. The third-order valence-electron chi connectivity index (χ3n) is 3.13. The highest BCUT2D eigenvalue weighted by atomic mass is 32.2. The molecule has 0 fully saturated rings. The fraction of sp³-hybridized carbons (Fsp3) is 0.158. The molecule has 0 saturated heterocycles. The fourth-order valence-electron chi connectivity index (χ4n) is 1.92. The first kappa shape index (κ1) is 17.6. The molecule has 0 atom stereocenters. The van der Waals surface area contributed by atoms with Crippen molar-refractivity contribution >= 4 is 23.4 Å². The predicted octanol–water partition coefficient (Wildman–Crippen LogP) is 4.18. The molecular formula is C19H19N3OS. The number of hydrogen-bond donors (Lipinski definition) is 2. The van der Waals surface area contributed by atoms with Crippen LogP contribution in [0.5, 0.6) is 0 Å². The van der Waals surface area contributed by atoms with Crippen LogP contribution in [0.1, 0.15) is 13.3 Å². The van der Waals surface area contributed by atoms with E-state index in [0.717, 1.165) is 21.9 Å². The summed E-state index contributed by atoms with van der Waals surface area (Å²) in [6, 6.07) is 19.7. The van der Waals surface area contributed by atoms with E-state index >= 15 is 0 Å². The third-order valence-corrected chi connectivity index (χ3v) is 4.21. The zero-order chi connectivity index (χ0) is 17.2. The van der Waals surface area contributed by atoms with Gasteiger partial charge in [-0.25, -0.2) is 0 Å². The van der Waals surface area contributed by atoms with E-state index in [0.29, 0.717) is 6.54 Å². The van der Waals surface area contributed by atoms with Crippen LogP contribution in [0.15, 0.2) is 76.2 Å². The molecule has 0 heterocycles. The summed E-state index contributed by atoms with van der Waals surface area (Å²) in [6.45, 7) is 2.52. The third kappa shape index (κ3) is 5.18. The van der Waals surface area contributed by atoms with E-state index in [4.69, 9.17) is 5.26 Å². The molecule has 2 N–H and O–H groups in total. The van der Waals surface area contributed by atoms with Crippen molar-refractivity contribution in [3.63, 3.8) is 0 Å². The van der Waals surface area contributed by atoms with E-state index in [1.165, 1.54) is 6.20 Å². The first-order chi connectivity index (χ1) is 11.7. The van der Waals surface area contributed by atoms with Gasteiger partial charge in [0.2, 0.25) is 0 Å². The standard InChI is InChI=1S/C19H19N3OS/c1-2-12-21-19(23)15(13-20)14-22-17-10-6-7-11-18(17)24-16-8-4-3-5-9-16/h3-11,14,22H,2,12H2,1H3,(H,21,23)/b15-14-. The minimum atomic E-state index is -0.361. The van der Waals surface area contributed by atoms with Gasteiger partial charge in [-0.15, -0.1) is 0 Å². The Morgan fingerprint density at radius 1 is 1.17 bits per heavy atom. The number of nitrogens with zero attached hydrogens (tertiary/aromatic N) is 1. The van der Waals surface area contributed by atoms with Crippen molar-refractivity contribution in [2.24, 2.45) is 0 Å². The normalized spacial score (nSPS) is 10.8. The van der Waals surface area contributed by atoms with Crippen LogP contribution in [-0.2, 0) is 4.79 Å². The molecule has 2 aromatic rings. The van der Waals surface area contributed by atoms with E-state index in [-0.39, 0.29) is 11.5 Å². The van der Waals surface area contributed by atoms with Crippen molar-refractivity contribution in [1.82, 2.24) is 5.32 Å². The molecule has 5 heteroatoms. The minimum absolute atomic E-state index is 0.0583. The van der Waals surface area contributed by atoms with E-state index in [1.807, 2.05) is 67.6 Å². The quantitative estimate of drug-likeness (QED) is 0.587. The Hall–Kier alpha value is -2.71. The van der Waals surface area contributed by atoms with Crippen LogP contribution >= 0.6 is 11.8 Å². The van der Waals surface area contributed by atoms with Gasteiger partial charge in [-0.2, -0.15) is 5.26 Å². The highest BCUT2D eigenvalue weighted by molar-refractivity contribution is 7.99. The van der Waals surface area contributed by atoms with Crippen molar-refractivity contribution in [2.45, 2.75) is 23.1 Å². The predicted molar refractivity (Wildman–Crippen MR) is 97.6 cm³/mol. The molecule has 0 aromatic heterocycles. The van der Waals surface area contributed by atoms with Gasteiger partial charge in [0.25, 0.3) is 5.91 Å².